The van der Waals surface area contributed by atoms with E-state index in [0.29, 0.717) is 18.4 Å². The first kappa shape index (κ1) is 15.1. The summed E-state index contributed by atoms with van der Waals surface area (Å²) in [7, 11) is 1.60. The van der Waals surface area contributed by atoms with Gasteiger partial charge in [0, 0.05) is 18.4 Å². The predicted octanol–water partition coefficient (Wildman–Crippen LogP) is 1.81. The number of hydrogen-bond acceptors (Lipinski definition) is 4. The largest absolute Gasteiger partial charge is 0.496 e. The highest BCUT2D eigenvalue weighted by atomic mass is 16.5. The average Bonchev–Trinajstić information content (AvgIpc) is 2.89. The quantitative estimate of drug-likeness (QED) is 0.847. The molecule has 0 spiro atoms. The number of nitrogens with zero attached hydrogens (tertiary/aromatic N) is 2. The van der Waals surface area contributed by atoms with Gasteiger partial charge < -0.3 is 14.9 Å². The third-order valence-electron chi connectivity index (χ3n) is 3.24. The van der Waals surface area contributed by atoms with Crippen LogP contribution in [-0.2, 0) is 6.42 Å². The Hall–Kier alpha value is -2.34. The minimum Gasteiger partial charge on any atom is -0.496 e. The van der Waals surface area contributed by atoms with Crippen LogP contribution in [0, 0.1) is 6.92 Å². The average molecular weight is 290 g/mol. The zero-order valence-corrected chi connectivity index (χ0v) is 12.0. The fourth-order valence-electron chi connectivity index (χ4n) is 2.18. The highest BCUT2D eigenvalue weighted by molar-refractivity contribution is 5.87. The van der Waals surface area contributed by atoms with Crippen molar-refractivity contribution in [2.24, 2.45) is 0 Å². The lowest BCUT2D eigenvalue weighted by molar-refractivity contribution is 0.0688. The van der Waals surface area contributed by atoms with Crippen molar-refractivity contribution < 1.29 is 19.7 Å². The zero-order valence-electron chi connectivity index (χ0n) is 12.0. The molecule has 0 aliphatic carbocycles. The molecule has 0 fully saturated rings. The third kappa shape index (κ3) is 3.22. The molecular formula is C15H18N2O4. The summed E-state index contributed by atoms with van der Waals surface area (Å²) in [6, 6.07) is 5.52. The van der Waals surface area contributed by atoms with Crippen molar-refractivity contribution in [3.05, 3.63) is 41.2 Å². The second-order valence-electron chi connectivity index (χ2n) is 4.73. The second-order valence-corrected chi connectivity index (χ2v) is 4.73. The van der Waals surface area contributed by atoms with Crippen LogP contribution < -0.4 is 4.74 Å². The van der Waals surface area contributed by atoms with E-state index in [9.17, 15) is 9.90 Å². The molecular weight excluding hydrogens is 272 g/mol. The number of ether oxygens (including phenoxy) is 1. The molecule has 6 nitrogen and oxygen atoms in total. The van der Waals surface area contributed by atoms with Gasteiger partial charge in [0.1, 0.15) is 5.75 Å². The molecule has 112 valence electrons. The summed E-state index contributed by atoms with van der Waals surface area (Å²) in [5.74, 6) is -0.295. The molecule has 0 aliphatic rings. The van der Waals surface area contributed by atoms with E-state index >= 15 is 0 Å². The van der Waals surface area contributed by atoms with Gasteiger partial charge >= 0.3 is 5.97 Å². The van der Waals surface area contributed by atoms with Gasteiger partial charge in [-0.3, -0.25) is 0 Å². The standard InChI is InChI=1S/C15H18N2O4/c1-10-8-12(5-6-13(10)21-2)17-9-11(4-3-7-18)14(16-17)15(19)20/h5-6,8-9,18H,3-4,7H2,1-2H3,(H,19,20). The maximum atomic E-state index is 11.2. The fraction of sp³-hybridized carbons (Fsp3) is 0.333. The van der Waals surface area contributed by atoms with Gasteiger partial charge in [-0.1, -0.05) is 0 Å². The van der Waals surface area contributed by atoms with Gasteiger partial charge in [0.05, 0.1) is 12.8 Å². The molecule has 0 unspecified atom stereocenters. The number of carboxylic acids is 1. The van der Waals surface area contributed by atoms with Gasteiger partial charge in [-0.15, -0.1) is 0 Å². The Morgan fingerprint density at radius 1 is 1.43 bits per heavy atom. The van der Waals surface area contributed by atoms with Crippen molar-refractivity contribution in [2.75, 3.05) is 13.7 Å². The Kier molecular flexibility index (Phi) is 4.59. The molecule has 2 N–H and O–H groups in total. The van der Waals surface area contributed by atoms with E-state index in [-0.39, 0.29) is 12.3 Å². The third-order valence-corrected chi connectivity index (χ3v) is 3.24. The molecule has 0 saturated heterocycles. The lowest BCUT2D eigenvalue weighted by Gasteiger charge is -2.07. The van der Waals surface area contributed by atoms with Gasteiger partial charge in [-0.2, -0.15) is 5.10 Å². The molecule has 1 aromatic heterocycles. The lowest BCUT2D eigenvalue weighted by Crippen LogP contribution is -2.03. The van der Waals surface area contributed by atoms with Gasteiger partial charge in [0.15, 0.2) is 5.69 Å². The minimum atomic E-state index is -1.06. The fourth-order valence-corrected chi connectivity index (χ4v) is 2.18. The monoisotopic (exact) mass is 290 g/mol. The molecule has 2 rings (SSSR count). The van der Waals surface area contributed by atoms with Crippen LogP contribution in [0.15, 0.2) is 24.4 Å². The summed E-state index contributed by atoms with van der Waals surface area (Å²) in [5.41, 5.74) is 2.35. The van der Waals surface area contributed by atoms with Crippen LogP contribution in [0.2, 0.25) is 0 Å². The number of benzene rings is 1. The molecule has 0 saturated carbocycles. The number of rotatable bonds is 6. The molecule has 21 heavy (non-hydrogen) atoms. The van der Waals surface area contributed by atoms with E-state index in [0.717, 1.165) is 17.0 Å². The molecule has 0 radical (unpaired) electrons. The Balaban J connectivity index is 2.39. The first-order valence-corrected chi connectivity index (χ1v) is 6.64. The van der Waals surface area contributed by atoms with E-state index in [4.69, 9.17) is 9.84 Å². The van der Waals surface area contributed by atoms with Crippen LogP contribution in [0.3, 0.4) is 0 Å². The van der Waals surface area contributed by atoms with Crippen LogP contribution in [0.5, 0.6) is 5.75 Å². The van der Waals surface area contributed by atoms with E-state index in [1.165, 1.54) is 0 Å². The highest BCUT2D eigenvalue weighted by Crippen LogP contribution is 2.22. The first-order chi connectivity index (χ1) is 10.1. The maximum absolute atomic E-state index is 11.2. The summed E-state index contributed by atoms with van der Waals surface area (Å²) >= 11 is 0. The molecule has 0 atom stereocenters. The number of carboxylic acid groups (broad SMARTS) is 1. The Bertz CT molecular complexity index is 649. The van der Waals surface area contributed by atoms with Crippen LogP contribution in [0.1, 0.15) is 28.0 Å². The van der Waals surface area contributed by atoms with Crippen molar-refractivity contribution in [2.45, 2.75) is 19.8 Å². The van der Waals surface area contributed by atoms with Gasteiger partial charge in [0.2, 0.25) is 0 Å². The maximum Gasteiger partial charge on any atom is 0.356 e. The van der Waals surface area contributed by atoms with Crippen molar-refractivity contribution in [1.82, 2.24) is 9.78 Å². The number of carbonyl (C=O) groups is 1. The van der Waals surface area contributed by atoms with Crippen molar-refractivity contribution in [1.29, 1.82) is 0 Å². The Morgan fingerprint density at radius 3 is 2.76 bits per heavy atom. The first-order valence-electron chi connectivity index (χ1n) is 6.64. The zero-order chi connectivity index (χ0) is 15.4. The number of aromatic carboxylic acids is 1. The molecule has 0 amide bonds. The smallest absolute Gasteiger partial charge is 0.356 e. The molecule has 6 heteroatoms. The molecule has 0 aliphatic heterocycles. The van der Waals surface area contributed by atoms with Crippen LogP contribution >= 0.6 is 0 Å². The van der Waals surface area contributed by atoms with E-state index in [1.54, 1.807) is 18.0 Å². The topological polar surface area (TPSA) is 84.6 Å². The summed E-state index contributed by atoms with van der Waals surface area (Å²) < 4.78 is 6.75. The minimum absolute atomic E-state index is 0.0197. The van der Waals surface area contributed by atoms with Crippen LogP contribution in [0.4, 0.5) is 0 Å². The molecule has 1 aromatic carbocycles. The number of aryl methyl sites for hydroxylation is 2. The SMILES string of the molecule is COc1ccc(-n2cc(CCCO)c(C(=O)O)n2)cc1C. The van der Waals surface area contributed by atoms with Gasteiger partial charge in [-0.25, -0.2) is 9.48 Å². The van der Waals surface area contributed by atoms with E-state index in [2.05, 4.69) is 5.10 Å². The molecule has 1 heterocycles. The Labute approximate surface area is 122 Å². The number of methoxy groups -OCH3 is 1. The van der Waals surface area contributed by atoms with Crippen molar-refractivity contribution >= 4 is 5.97 Å². The lowest BCUT2D eigenvalue weighted by atomic mass is 10.1. The number of aromatic nitrogens is 2. The summed E-state index contributed by atoms with van der Waals surface area (Å²) in [5, 5.41) is 22.2. The second kappa shape index (κ2) is 6.41. The van der Waals surface area contributed by atoms with Crippen molar-refractivity contribution in [3.63, 3.8) is 0 Å². The molecule has 2 aromatic rings. The van der Waals surface area contributed by atoms with Crippen molar-refractivity contribution in [3.8, 4) is 11.4 Å². The van der Waals surface area contributed by atoms with E-state index < -0.39 is 5.97 Å². The van der Waals surface area contributed by atoms with Crippen LogP contribution in [-0.4, -0.2) is 39.7 Å². The normalized spacial score (nSPS) is 10.6. The number of aliphatic hydroxyl groups excluding tert-OH is 1. The summed E-state index contributed by atoms with van der Waals surface area (Å²) in [6.07, 6.45) is 2.68. The number of hydrogen-bond donors (Lipinski definition) is 2. The number of aliphatic hydroxyl groups is 1. The van der Waals surface area contributed by atoms with Gasteiger partial charge in [0.25, 0.3) is 0 Å². The highest BCUT2D eigenvalue weighted by Gasteiger charge is 2.16. The summed E-state index contributed by atoms with van der Waals surface area (Å²) in [6.45, 7) is 1.93. The Morgan fingerprint density at radius 2 is 2.19 bits per heavy atom. The van der Waals surface area contributed by atoms with E-state index in [1.807, 2.05) is 25.1 Å². The molecule has 0 bridgehead atoms. The van der Waals surface area contributed by atoms with Gasteiger partial charge in [-0.05, 0) is 43.5 Å². The predicted molar refractivity (Wildman–Crippen MR) is 77.2 cm³/mol. The summed E-state index contributed by atoms with van der Waals surface area (Å²) in [4.78, 5) is 11.2. The van der Waals surface area contributed by atoms with Crippen LogP contribution in [0.25, 0.3) is 5.69 Å².